The Morgan fingerprint density at radius 3 is 2.50 bits per heavy atom. The molecule has 1 aliphatic rings. The molecule has 38 heavy (non-hydrogen) atoms. The van der Waals surface area contributed by atoms with Crippen molar-refractivity contribution in [2.24, 2.45) is 0 Å². The van der Waals surface area contributed by atoms with Crippen LogP contribution in [0.15, 0.2) is 57.9 Å². The van der Waals surface area contributed by atoms with Crippen LogP contribution in [0, 0.1) is 0 Å². The summed E-state index contributed by atoms with van der Waals surface area (Å²) in [6, 6.07) is 11.7. The molecule has 194 valence electrons. The van der Waals surface area contributed by atoms with Gasteiger partial charge in [0.15, 0.2) is 0 Å². The van der Waals surface area contributed by atoms with Crippen LogP contribution in [0.3, 0.4) is 0 Å². The van der Waals surface area contributed by atoms with Crippen LogP contribution >= 0.6 is 35.0 Å². The maximum atomic E-state index is 12.8. The highest BCUT2D eigenvalue weighted by Gasteiger charge is 2.36. The molecule has 0 radical (unpaired) electrons. The van der Waals surface area contributed by atoms with Crippen LogP contribution in [0.1, 0.15) is 26.5 Å². The third kappa shape index (κ3) is 5.75. The molecule has 0 atom stereocenters. The molecular weight excluding hydrogens is 559 g/mol. The fourth-order valence-corrected chi connectivity index (χ4v) is 4.68. The van der Waals surface area contributed by atoms with Crippen LogP contribution < -0.4 is 5.32 Å². The van der Waals surface area contributed by atoms with E-state index in [4.69, 9.17) is 32.7 Å². The zero-order valence-corrected chi connectivity index (χ0v) is 21.6. The number of esters is 1. The number of amides is 3. The van der Waals surface area contributed by atoms with Gasteiger partial charge >= 0.3 is 11.9 Å². The van der Waals surface area contributed by atoms with E-state index in [0.717, 1.165) is 4.90 Å². The molecule has 4 rings (SSSR count). The normalized spacial score (nSPS) is 14.2. The Labute approximate surface area is 229 Å². The van der Waals surface area contributed by atoms with Crippen molar-refractivity contribution in [3.8, 4) is 11.3 Å². The molecule has 2 aromatic carbocycles. The Hall–Kier alpha value is -4.06. The molecule has 0 saturated carbocycles. The van der Waals surface area contributed by atoms with Crippen LogP contribution in [0.5, 0.6) is 0 Å². The minimum atomic E-state index is -1.16. The number of ether oxygens (including phenoxy) is 1. The summed E-state index contributed by atoms with van der Waals surface area (Å²) in [5, 5.41) is 11.1. The second-order valence-corrected chi connectivity index (χ2v) is 9.51. The predicted molar refractivity (Wildman–Crippen MR) is 140 cm³/mol. The van der Waals surface area contributed by atoms with Gasteiger partial charge in [-0.2, -0.15) is 0 Å². The minimum Gasteiger partial charge on any atom is -0.478 e. The molecule has 3 amide bonds. The van der Waals surface area contributed by atoms with Gasteiger partial charge in [0.25, 0.3) is 11.1 Å². The summed E-state index contributed by atoms with van der Waals surface area (Å²) in [6.45, 7) is -0.560. The van der Waals surface area contributed by atoms with E-state index in [9.17, 15) is 24.0 Å². The number of carboxylic acids is 1. The van der Waals surface area contributed by atoms with E-state index in [1.807, 2.05) is 0 Å². The Morgan fingerprint density at radius 2 is 1.82 bits per heavy atom. The van der Waals surface area contributed by atoms with Gasteiger partial charge in [-0.25, -0.2) is 9.59 Å². The molecule has 0 aliphatic carbocycles. The van der Waals surface area contributed by atoms with Crippen LogP contribution in [-0.2, 0) is 14.3 Å². The summed E-state index contributed by atoms with van der Waals surface area (Å²) in [5.41, 5.74) is 0.725. The topological polar surface area (TPSA) is 143 Å². The number of carboxylic acid groups (broad SMARTS) is 1. The number of furan rings is 1. The number of thioether (sulfide) groups is 1. The highest BCUT2D eigenvalue weighted by atomic mass is 35.5. The van der Waals surface area contributed by atoms with Gasteiger partial charge in [0.05, 0.1) is 33.2 Å². The van der Waals surface area contributed by atoms with Crippen LogP contribution in [0.2, 0.25) is 10.0 Å². The zero-order chi connectivity index (χ0) is 27.6. The number of nitrogens with zero attached hydrogens (tertiary/aromatic N) is 1. The lowest BCUT2D eigenvalue weighted by molar-refractivity contribution is -0.127. The summed E-state index contributed by atoms with van der Waals surface area (Å²) < 4.78 is 10.4. The maximum Gasteiger partial charge on any atom is 0.339 e. The monoisotopic (exact) mass is 574 g/mol. The van der Waals surface area contributed by atoms with E-state index in [2.05, 4.69) is 10.1 Å². The van der Waals surface area contributed by atoms with Crippen molar-refractivity contribution in [1.29, 1.82) is 0 Å². The molecule has 1 fully saturated rings. The summed E-state index contributed by atoms with van der Waals surface area (Å²) in [6.07, 6.45) is 1.36. The number of methoxy groups -OCH3 is 1. The van der Waals surface area contributed by atoms with Crippen molar-refractivity contribution < 1.29 is 38.2 Å². The highest BCUT2D eigenvalue weighted by Crippen LogP contribution is 2.34. The Morgan fingerprint density at radius 1 is 1.05 bits per heavy atom. The number of anilines is 1. The molecule has 10 nitrogen and oxygen atoms in total. The quantitative estimate of drug-likeness (QED) is 0.279. The molecule has 2 N–H and O–H groups in total. The van der Waals surface area contributed by atoms with E-state index in [1.54, 1.807) is 12.1 Å². The zero-order valence-electron chi connectivity index (χ0n) is 19.3. The smallest absolute Gasteiger partial charge is 0.339 e. The molecular formula is C25H16Cl2N2O8S. The number of imide groups is 1. The highest BCUT2D eigenvalue weighted by molar-refractivity contribution is 8.18. The van der Waals surface area contributed by atoms with Gasteiger partial charge in [-0.1, -0.05) is 29.3 Å². The molecule has 2 heterocycles. The number of halogens is 2. The second-order valence-electron chi connectivity index (χ2n) is 7.70. The molecule has 3 aromatic rings. The van der Waals surface area contributed by atoms with Gasteiger partial charge in [-0.15, -0.1) is 0 Å². The summed E-state index contributed by atoms with van der Waals surface area (Å²) in [4.78, 5) is 61.5. The van der Waals surface area contributed by atoms with E-state index < -0.39 is 35.5 Å². The number of benzene rings is 2. The van der Waals surface area contributed by atoms with Gasteiger partial charge in [0.2, 0.25) is 5.91 Å². The number of carbonyl (C=O) groups is 5. The summed E-state index contributed by atoms with van der Waals surface area (Å²) in [5.74, 6) is -2.59. The van der Waals surface area contributed by atoms with Crippen molar-refractivity contribution in [2.75, 3.05) is 19.0 Å². The molecule has 1 aliphatic heterocycles. The van der Waals surface area contributed by atoms with Crippen LogP contribution in [0.25, 0.3) is 17.4 Å². The van der Waals surface area contributed by atoms with Gasteiger partial charge in [-0.05, 0) is 54.2 Å². The van der Waals surface area contributed by atoms with E-state index >= 15 is 0 Å². The SMILES string of the molecule is COC(=O)c1cc(NC(=O)CN2C(=O)S/C(=C\c3ccc(-c4ccc(C(=O)O)c(Cl)c4)o3)C2=O)ccc1Cl. The van der Waals surface area contributed by atoms with Gasteiger partial charge in [0, 0.05) is 17.3 Å². The molecule has 0 bridgehead atoms. The lowest BCUT2D eigenvalue weighted by atomic mass is 10.1. The van der Waals surface area contributed by atoms with E-state index in [-0.39, 0.29) is 37.5 Å². The van der Waals surface area contributed by atoms with Crippen molar-refractivity contribution in [3.63, 3.8) is 0 Å². The number of carbonyl (C=O) groups excluding carboxylic acids is 4. The number of aromatic carboxylic acids is 1. The van der Waals surface area contributed by atoms with Crippen molar-refractivity contribution in [3.05, 3.63) is 80.4 Å². The standard InChI is InChI=1S/C25H16Cl2N2O8S/c1-36-24(34)16-9-13(3-6-17(16)26)28-21(30)11-29-22(31)20(38-25(29)35)10-14-4-7-19(37-14)12-2-5-15(23(32)33)18(27)8-12/h2-10H,11H2,1H3,(H,28,30)(H,32,33)/b20-10-. The maximum absolute atomic E-state index is 12.8. The fraction of sp³-hybridized carbons (Fsp3) is 0.0800. The van der Waals surface area contributed by atoms with Gasteiger partial charge in [0.1, 0.15) is 18.1 Å². The molecule has 0 unspecified atom stereocenters. The first-order valence-corrected chi connectivity index (χ1v) is 12.2. The largest absolute Gasteiger partial charge is 0.478 e. The number of rotatable bonds is 7. The first kappa shape index (κ1) is 27.0. The molecule has 13 heteroatoms. The minimum absolute atomic E-state index is 0.0347. The predicted octanol–water partition coefficient (Wildman–Crippen LogP) is 5.41. The summed E-state index contributed by atoms with van der Waals surface area (Å²) in [7, 11) is 1.19. The first-order chi connectivity index (χ1) is 18.1. The van der Waals surface area contributed by atoms with E-state index in [0.29, 0.717) is 23.1 Å². The van der Waals surface area contributed by atoms with Crippen LogP contribution in [-0.4, -0.2) is 52.7 Å². The Bertz CT molecular complexity index is 1530. The fourth-order valence-electron chi connectivity index (χ4n) is 3.41. The third-order valence-electron chi connectivity index (χ3n) is 5.21. The van der Waals surface area contributed by atoms with Crippen LogP contribution in [0.4, 0.5) is 10.5 Å². The molecule has 0 spiro atoms. The number of nitrogens with one attached hydrogen (secondary N) is 1. The number of hydrogen-bond donors (Lipinski definition) is 2. The second kappa shape index (κ2) is 11.1. The van der Waals surface area contributed by atoms with Gasteiger partial charge < -0.3 is 19.6 Å². The number of hydrogen-bond acceptors (Lipinski definition) is 8. The van der Waals surface area contributed by atoms with Crippen molar-refractivity contribution in [1.82, 2.24) is 4.90 Å². The third-order valence-corrected chi connectivity index (χ3v) is 6.76. The average molecular weight is 575 g/mol. The molecule has 1 aromatic heterocycles. The lowest BCUT2D eigenvalue weighted by Gasteiger charge is -2.13. The Balaban J connectivity index is 1.45. The average Bonchev–Trinajstić information content (AvgIpc) is 3.44. The molecule has 1 saturated heterocycles. The van der Waals surface area contributed by atoms with Crippen molar-refractivity contribution >= 4 is 75.7 Å². The Kier molecular flexibility index (Phi) is 7.91. The first-order valence-electron chi connectivity index (χ1n) is 10.6. The van der Waals surface area contributed by atoms with Gasteiger partial charge in [-0.3, -0.25) is 19.3 Å². The lowest BCUT2D eigenvalue weighted by Crippen LogP contribution is -2.36. The van der Waals surface area contributed by atoms with Crippen molar-refractivity contribution in [2.45, 2.75) is 0 Å². The van der Waals surface area contributed by atoms with E-state index in [1.165, 1.54) is 49.6 Å². The summed E-state index contributed by atoms with van der Waals surface area (Å²) >= 11 is 12.6.